The van der Waals surface area contributed by atoms with Gasteiger partial charge in [-0.2, -0.15) is 0 Å². The molecule has 6 nitrogen and oxygen atoms in total. The van der Waals surface area contributed by atoms with E-state index in [1.807, 2.05) is 39.1 Å². The Morgan fingerprint density at radius 2 is 2.09 bits per heavy atom. The summed E-state index contributed by atoms with van der Waals surface area (Å²) in [5, 5.41) is 14.4. The second kappa shape index (κ2) is 6.25. The molecule has 1 aliphatic rings. The lowest BCUT2D eigenvalue weighted by Crippen LogP contribution is -2.45. The van der Waals surface area contributed by atoms with E-state index in [9.17, 15) is 9.59 Å². The van der Waals surface area contributed by atoms with Gasteiger partial charge in [-0.25, -0.2) is 4.79 Å². The predicted molar refractivity (Wildman–Crippen MR) is 86.5 cm³/mol. The first-order valence-corrected chi connectivity index (χ1v) is 7.42. The lowest BCUT2D eigenvalue weighted by molar-refractivity contribution is -0.137. The third-order valence-corrected chi connectivity index (χ3v) is 3.89. The van der Waals surface area contributed by atoms with Gasteiger partial charge in [-0.3, -0.25) is 4.79 Å². The van der Waals surface area contributed by atoms with Gasteiger partial charge in [0.25, 0.3) is 0 Å². The molecule has 0 aliphatic carbocycles. The van der Waals surface area contributed by atoms with Gasteiger partial charge >= 0.3 is 12.0 Å². The number of carboxylic acids is 1. The molecule has 2 rings (SSSR count). The largest absolute Gasteiger partial charge is 0.481 e. The van der Waals surface area contributed by atoms with Crippen LogP contribution in [0.15, 0.2) is 18.2 Å². The van der Waals surface area contributed by atoms with Crippen molar-refractivity contribution >= 4 is 23.4 Å². The van der Waals surface area contributed by atoms with Crippen LogP contribution in [0.2, 0.25) is 0 Å². The summed E-state index contributed by atoms with van der Waals surface area (Å²) in [6.45, 7) is 4.62. The van der Waals surface area contributed by atoms with Crippen LogP contribution in [0.5, 0.6) is 0 Å². The summed E-state index contributed by atoms with van der Waals surface area (Å²) in [5.74, 6) is -0.864. The molecular formula is C16H23N3O3. The summed E-state index contributed by atoms with van der Waals surface area (Å²) in [6.07, 6.45) is 1.43. The van der Waals surface area contributed by atoms with E-state index < -0.39 is 11.5 Å². The van der Waals surface area contributed by atoms with Crippen molar-refractivity contribution in [3.8, 4) is 0 Å². The van der Waals surface area contributed by atoms with Crippen molar-refractivity contribution in [1.82, 2.24) is 5.32 Å². The van der Waals surface area contributed by atoms with Crippen molar-refractivity contribution < 1.29 is 14.7 Å². The summed E-state index contributed by atoms with van der Waals surface area (Å²) in [4.78, 5) is 24.9. The highest BCUT2D eigenvalue weighted by Gasteiger charge is 2.22. The van der Waals surface area contributed by atoms with Gasteiger partial charge in [0.15, 0.2) is 0 Å². The number of carbonyl (C=O) groups excluding carboxylic acids is 1. The highest BCUT2D eigenvalue weighted by atomic mass is 16.4. The molecule has 1 heterocycles. The molecule has 120 valence electrons. The van der Waals surface area contributed by atoms with Gasteiger partial charge in [-0.15, -0.1) is 0 Å². The second-order valence-corrected chi connectivity index (χ2v) is 6.37. The number of hydrogen-bond acceptors (Lipinski definition) is 3. The quantitative estimate of drug-likeness (QED) is 0.780. The lowest BCUT2D eigenvalue weighted by atomic mass is 9.99. The molecule has 6 heteroatoms. The van der Waals surface area contributed by atoms with E-state index in [1.165, 1.54) is 5.56 Å². The Kier molecular flexibility index (Phi) is 4.59. The maximum absolute atomic E-state index is 12.1. The number of aliphatic carboxylic acids is 1. The Balaban J connectivity index is 1.95. The maximum atomic E-state index is 12.1. The van der Waals surface area contributed by atoms with E-state index in [2.05, 4.69) is 15.5 Å². The number of carboxylic acid groups (broad SMARTS) is 1. The average Bonchev–Trinajstić information content (AvgIpc) is 2.77. The van der Waals surface area contributed by atoms with Crippen molar-refractivity contribution in [3.63, 3.8) is 0 Å². The maximum Gasteiger partial charge on any atom is 0.319 e. The monoisotopic (exact) mass is 305 g/mol. The third-order valence-electron chi connectivity index (χ3n) is 3.89. The van der Waals surface area contributed by atoms with Crippen molar-refractivity contribution in [2.45, 2.75) is 38.6 Å². The first-order valence-electron chi connectivity index (χ1n) is 7.42. The van der Waals surface area contributed by atoms with Crippen molar-refractivity contribution in [2.75, 3.05) is 23.8 Å². The molecule has 3 N–H and O–H groups in total. The molecule has 0 spiro atoms. The smallest absolute Gasteiger partial charge is 0.319 e. The Morgan fingerprint density at radius 3 is 2.77 bits per heavy atom. The first kappa shape index (κ1) is 16.1. The number of rotatable bonds is 5. The van der Waals surface area contributed by atoms with Crippen molar-refractivity contribution in [3.05, 3.63) is 23.8 Å². The molecule has 0 saturated carbocycles. The average molecular weight is 305 g/mol. The van der Waals surface area contributed by atoms with Crippen LogP contribution >= 0.6 is 0 Å². The Labute approximate surface area is 130 Å². The SMILES string of the molecule is CN1CCc2ccc(NC(=O)NC(C)(C)CCC(=O)O)cc21. The van der Waals surface area contributed by atoms with Crippen LogP contribution in [-0.4, -0.2) is 36.2 Å². The van der Waals surface area contributed by atoms with Crippen LogP contribution in [0.25, 0.3) is 0 Å². The molecule has 0 atom stereocenters. The number of hydrogen-bond donors (Lipinski definition) is 3. The van der Waals surface area contributed by atoms with Crippen LogP contribution in [-0.2, 0) is 11.2 Å². The van der Waals surface area contributed by atoms with Gasteiger partial charge in [-0.05, 0) is 44.4 Å². The topological polar surface area (TPSA) is 81.7 Å². The molecule has 0 bridgehead atoms. The van der Waals surface area contributed by atoms with E-state index in [0.29, 0.717) is 6.42 Å². The van der Waals surface area contributed by atoms with Crippen LogP contribution < -0.4 is 15.5 Å². The fourth-order valence-corrected chi connectivity index (χ4v) is 2.57. The molecule has 0 saturated heterocycles. The van der Waals surface area contributed by atoms with Gasteiger partial charge in [0, 0.05) is 36.9 Å². The van der Waals surface area contributed by atoms with Crippen molar-refractivity contribution in [1.29, 1.82) is 0 Å². The minimum atomic E-state index is -0.864. The molecule has 0 unspecified atom stereocenters. The molecular weight excluding hydrogens is 282 g/mol. The number of urea groups is 1. The number of fused-ring (bicyclic) bond motifs is 1. The van der Waals surface area contributed by atoms with E-state index in [1.54, 1.807) is 0 Å². The molecule has 1 aromatic carbocycles. The summed E-state index contributed by atoms with van der Waals surface area (Å²) in [6, 6.07) is 5.56. The van der Waals surface area contributed by atoms with E-state index >= 15 is 0 Å². The Hall–Kier alpha value is -2.24. The van der Waals surface area contributed by atoms with E-state index in [0.717, 1.165) is 24.3 Å². The van der Waals surface area contributed by atoms with Crippen LogP contribution in [0.1, 0.15) is 32.3 Å². The third kappa shape index (κ3) is 4.13. The van der Waals surface area contributed by atoms with E-state index in [4.69, 9.17) is 5.11 Å². The van der Waals surface area contributed by atoms with Crippen LogP contribution in [0.3, 0.4) is 0 Å². The molecule has 0 fully saturated rings. The lowest BCUT2D eigenvalue weighted by Gasteiger charge is -2.25. The summed E-state index contributed by atoms with van der Waals surface area (Å²) in [7, 11) is 2.03. The zero-order valence-electron chi connectivity index (χ0n) is 13.3. The van der Waals surface area contributed by atoms with Gasteiger partial charge < -0.3 is 20.6 Å². The summed E-state index contributed by atoms with van der Waals surface area (Å²) in [5.41, 5.74) is 2.59. The minimum Gasteiger partial charge on any atom is -0.481 e. The first-order chi connectivity index (χ1) is 10.3. The molecule has 0 aromatic heterocycles. The van der Waals surface area contributed by atoms with Crippen LogP contribution in [0, 0.1) is 0 Å². The Bertz CT molecular complexity index is 584. The molecule has 2 amide bonds. The normalized spacial score (nSPS) is 13.7. The van der Waals surface area contributed by atoms with Gasteiger partial charge in [0.05, 0.1) is 0 Å². The van der Waals surface area contributed by atoms with Crippen molar-refractivity contribution in [2.24, 2.45) is 0 Å². The number of nitrogens with zero attached hydrogens (tertiary/aromatic N) is 1. The number of anilines is 2. The zero-order chi connectivity index (χ0) is 16.3. The number of likely N-dealkylation sites (N-methyl/N-ethyl adjacent to an activating group) is 1. The highest BCUT2D eigenvalue weighted by molar-refractivity contribution is 5.90. The second-order valence-electron chi connectivity index (χ2n) is 6.37. The van der Waals surface area contributed by atoms with Gasteiger partial charge in [0.1, 0.15) is 0 Å². The number of carbonyl (C=O) groups is 2. The highest BCUT2D eigenvalue weighted by Crippen LogP contribution is 2.29. The molecule has 1 aromatic rings. The zero-order valence-corrected chi connectivity index (χ0v) is 13.3. The molecule has 22 heavy (non-hydrogen) atoms. The minimum absolute atomic E-state index is 0.0247. The fourth-order valence-electron chi connectivity index (χ4n) is 2.57. The number of benzene rings is 1. The Morgan fingerprint density at radius 1 is 1.36 bits per heavy atom. The van der Waals surface area contributed by atoms with Gasteiger partial charge in [-0.1, -0.05) is 6.07 Å². The molecule has 0 radical (unpaired) electrons. The fraction of sp³-hybridized carbons (Fsp3) is 0.500. The summed E-state index contributed by atoms with van der Waals surface area (Å²) >= 11 is 0. The van der Waals surface area contributed by atoms with Crippen LogP contribution in [0.4, 0.5) is 16.2 Å². The summed E-state index contributed by atoms with van der Waals surface area (Å²) < 4.78 is 0. The predicted octanol–water partition coefficient (Wildman–Crippen LogP) is 2.44. The molecule has 1 aliphatic heterocycles. The number of nitrogens with one attached hydrogen (secondary N) is 2. The number of amides is 2. The van der Waals surface area contributed by atoms with Gasteiger partial charge in [0.2, 0.25) is 0 Å². The van der Waals surface area contributed by atoms with E-state index in [-0.39, 0.29) is 12.5 Å². The standard InChI is InChI=1S/C16H23N3O3/c1-16(2,8-6-14(20)21)18-15(22)17-12-5-4-11-7-9-19(3)13(11)10-12/h4-5,10H,6-9H2,1-3H3,(H,20,21)(H2,17,18,22).